The molecule has 0 aliphatic heterocycles. The van der Waals surface area contributed by atoms with Gasteiger partial charge in [0.05, 0.1) is 11.4 Å². The van der Waals surface area contributed by atoms with E-state index in [4.69, 9.17) is 5.14 Å². The Labute approximate surface area is 189 Å². The van der Waals surface area contributed by atoms with E-state index in [1.165, 1.54) is 24.3 Å². The minimum Gasteiger partial charge on any atom is -0.255 e. The molecule has 170 valence electrons. The van der Waals surface area contributed by atoms with Crippen LogP contribution in [0.1, 0.15) is 16.8 Å². The maximum atomic E-state index is 14.4. The number of primary sulfonamides is 1. The van der Waals surface area contributed by atoms with Crippen LogP contribution in [0.4, 0.5) is 13.2 Å². The molecule has 5 nitrogen and oxygen atoms in total. The van der Waals surface area contributed by atoms with Gasteiger partial charge >= 0.3 is 6.18 Å². The molecule has 1 aromatic heterocycles. The highest BCUT2D eigenvalue weighted by Gasteiger charge is 2.41. The van der Waals surface area contributed by atoms with Gasteiger partial charge in [0, 0.05) is 11.1 Å². The van der Waals surface area contributed by atoms with Crippen LogP contribution < -0.4 is 5.14 Å². The summed E-state index contributed by atoms with van der Waals surface area (Å²) in [5, 5.41) is 9.53. The Hall–Kier alpha value is -3.43. The molecule has 0 amide bonds. The molecule has 0 spiro atoms. The molecule has 1 heterocycles. The first-order valence-corrected chi connectivity index (χ1v) is 11.5. The summed E-state index contributed by atoms with van der Waals surface area (Å²) in [7, 11) is -3.94. The summed E-state index contributed by atoms with van der Waals surface area (Å²) in [5.74, 6) is 0. The predicted octanol–water partition coefficient (Wildman–Crippen LogP) is 5.24. The molecule has 0 aliphatic rings. The minimum atomic E-state index is -4.68. The van der Waals surface area contributed by atoms with E-state index < -0.39 is 21.9 Å². The summed E-state index contributed by atoms with van der Waals surface area (Å²) in [4.78, 5) is -0.136. The van der Waals surface area contributed by atoms with Crippen molar-refractivity contribution in [1.82, 2.24) is 9.78 Å². The molecule has 0 saturated heterocycles. The highest BCUT2D eigenvalue weighted by Crippen LogP contribution is 2.44. The molecule has 9 heteroatoms. The molecule has 0 radical (unpaired) electrons. The molecule has 4 aromatic rings. The number of hydrogen-bond donors (Lipinski definition) is 1. The van der Waals surface area contributed by atoms with Crippen molar-refractivity contribution in [1.29, 1.82) is 0 Å². The lowest BCUT2D eigenvalue weighted by atomic mass is 9.95. The zero-order valence-corrected chi connectivity index (χ0v) is 18.4. The molecular weight excluding hydrogens is 451 g/mol. The van der Waals surface area contributed by atoms with Gasteiger partial charge in [-0.2, -0.15) is 18.3 Å². The minimum absolute atomic E-state index is 0.0557. The van der Waals surface area contributed by atoms with E-state index in [1.807, 2.05) is 0 Å². The van der Waals surface area contributed by atoms with Gasteiger partial charge in [-0.25, -0.2) is 13.6 Å². The van der Waals surface area contributed by atoms with Gasteiger partial charge in [0.2, 0.25) is 10.0 Å². The first kappa shape index (κ1) is 22.8. The molecule has 0 fully saturated rings. The zero-order valence-electron chi connectivity index (χ0n) is 17.5. The molecule has 0 bridgehead atoms. The fourth-order valence-electron chi connectivity index (χ4n) is 3.73. The summed E-state index contributed by atoms with van der Waals surface area (Å²) in [6.07, 6.45) is -4.68. The SMILES string of the molecule is Cc1ccccc1-c1c(-c2ccc(S(N)(=O)=O)cc2)nn(Cc2ccccc2)c1C(F)(F)F. The summed E-state index contributed by atoms with van der Waals surface area (Å²) in [5.41, 5.74) is 1.25. The lowest BCUT2D eigenvalue weighted by Gasteiger charge is -2.14. The third kappa shape index (κ3) is 4.69. The van der Waals surface area contributed by atoms with Gasteiger partial charge in [0.25, 0.3) is 0 Å². The summed E-state index contributed by atoms with van der Waals surface area (Å²) in [6, 6.07) is 20.9. The Kier molecular flexibility index (Phi) is 5.85. The number of sulfonamides is 1. The van der Waals surface area contributed by atoms with E-state index in [2.05, 4.69) is 5.10 Å². The van der Waals surface area contributed by atoms with Crippen molar-refractivity contribution in [2.24, 2.45) is 5.14 Å². The maximum absolute atomic E-state index is 14.4. The Morgan fingerprint density at radius 3 is 2.09 bits per heavy atom. The molecule has 0 unspecified atom stereocenters. The van der Waals surface area contributed by atoms with Crippen LogP contribution in [0.5, 0.6) is 0 Å². The summed E-state index contributed by atoms with van der Waals surface area (Å²) >= 11 is 0. The normalized spacial score (nSPS) is 12.2. The quantitative estimate of drug-likeness (QED) is 0.432. The van der Waals surface area contributed by atoms with Crippen molar-refractivity contribution in [3.63, 3.8) is 0 Å². The van der Waals surface area contributed by atoms with Gasteiger partial charge in [0.1, 0.15) is 5.69 Å². The average Bonchev–Trinajstić information content (AvgIpc) is 3.13. The first-order chi connectivity index (χ1) is 15.6. The number of nitrogens with two attached hydrogens (primary N) is 1. The van der Waals surface area contributed by atoms with Crippen LogP contribution >= 0.6 is 0 Å². The van der Waals surface area contributed by atoms with Crippen LogP contribution in [-0.4, -0.2) is 18.2 Å². The number of hydrogen-bond acceptors (Lipinski definition) is 3. The Morgan fingerprint density at radius 2 is 1.52 bits per heavy atom. The van der Waals surface area contributed by atoms with Crippen LogP contribution in [0.15, 0.2) is 83.8 Å². The van der Waals surface area contributed by atoms with Gasteiger partial charge in [-0.15, -0.1) is 0 Å². The third-order valence-corrected chi connectivity index (χ3v) is 6.20. The number of aryl methyl sites for hydroxylation is 1. The fourth-order valence-corrected chi connectivity index (χ4v) is 4.25. The standard InChI is InChI=1S/C24H20F3N3O2S/c1-16-7-5-6-10-20(16)21-22(18-11-13-19(14-12-18)33(28,31)32)29-30(23(21)24(25,26)27)15-17-8-3-2-4-9-17/h2-14H,15H2,1H3,(H2,28,31,32). The van der Waals surface area contributed by atoms with E-state index in [0.717, 1.165) is 4.68 Å². The molecule has 4 rings (SSSR count). The second-order valence-corrected chi connectivity index (χ2v) is 9.16. The second-order valence-electron chi connectivity index (χ2n) is 7.60. The first-order valence-electron chi connectivity index (χ1n) is 9.97. The van der Waals surface area contributed by atoms with Crippen LogP contribution in [0.2, 0.25) is 0 Å². The number of halogens is 3. The van der Waals surface area contributed by atoms with Crippen LogP contribution in [0.25, 0.3) is 22.4 Å². The van der Waals surface area contributed by atoms with Crippen LogP contribution in [-0.2, 0) is 22.7 Å². The van der Waals surface area contributed by atoms with E-state index in [-0.39, 0.29) is 22.7 Å². The van der Waals surface area contributed by atoms with Crippen molar-refractivity contribution < 1.29 is 21.6 Å². The second kappa shape index (κ2) is 8.49. The summed E-state index contributed by atoms with van der Waals surface area (Å²) in [6.45, 7) is 1.65. The van der Waals surface area contributed by atoms with Crippen molar-refractivity contribution in [3.05, 3.63) is 95.7 Å². The topological polar surface area (TPSA) is 78.0 Å². The zero-order chi connectivity index (χ0) is 23.8. The molecule has 0 saturated carbocycles. The molecule has 3 aromatic carbocycles. The monoisotopic (exact) mass is 471 g/mol. The van der Waals surface area contributed by atoms with Gasteiger partial charge in [-0.3, -0.25) is 4.68 Å². The predicted molar refractivity (Wildman–Crippen MR) is 120 cm³/mol. The van der Waals surface area contributed by atoms with Gasteiger partial charge in [0.15, 0.2) is 5.69 Å². The fraction of sp³-hybridized carbons (Fsp3) is 0.125. The van der Waals surface area contributed by atoms with Gasteiger partial charge in [-0.1, -0.05) is 66.7 Å². The third-order valence-electron chi connectivity index (χ3n) is 5.27. The highest BCUT2D eigenvalue weighted by molar-refractivity contribution is 7.89. The van der Waals surface area contributed by atoms with Gasteiger partial charge < -0.3 is 0 Å². The van der Waals surface area contributed by atoms with Crippen molar-refractivity contribution >= 4 is 10.0 Å². The molecule has 0 aliphatic carbocycles. The smallest absolute Gasteiger partial charge is 0.255 e. The number of nitrogens with zero attached hydrogens (tertiary/aromatic N) is 2. The Morgan fingerprint density at radius 1 is 0.909 bits per heavy atom. The van der Waals surface area contributed by atoms with E-state index in [9.17, 15) is 21.6 Å². The number of rotatable bonds is 5. The maximum Gasteiger partial charge on any atom is 0.433 e. The number of benzene rings is 3. The highest BCUT2D eigenvalue weighted by atomic mass is 32.2. The Bertz CT molecular complexity index is 1400. The van der Waals surface area contributed by atoms with E-state index in [0.29, 0.717) is 22.3 Å². The lowest BCUT2D eigenvalue weighted by Crippen LogP contribution is -2.16. The van der Waals surface area contributed by atoms with E-state index in [1.54, 1.807) is 61.5 Å². The van der Waals surface area contributed by atoms with Crippen molar-refractivity contribution in [3.8, 4) is 22.4 Å². The molecule has 33 heavy (non-hydrogen) atoms. The van der Waals surface area contributed by atoms with Crippen molar-refractivity contribution in [2.45, 2.75) is 24.5 Å². The van der Waals surface area contributed by atoms with Gasteiger partial charge in [-0.05, 0) is 35.7 Å². The molecule has 2 N–H and O–H groups in total. The Balaban J connectivity index is 2.00. The molecular formula is C24H20F3N3O2S. The van der Waals surface area contributed by atoms with E-state index >= 15 is 0 Å². The lowest BCUT2D eigenvalue weighted by molar-refractivity contribution is -0.143. The number of aromatic nitrogens is 2. The van der Waals surface area contributed by atoms with Crippen molar-refractivity contribution in [2.75, 3.05) is 0 Å². The molecule has 0 atom stereocenters. The average molecular weight is 472 g/mol. The van der Waals surface area contributed by atoms with Crippen LogP contribution in [0, 0.1) is 6.92 Å². The van der Waals surface area contributed by atoms with Crippen LogP contribution in [0.3, 0.4) is 0 Å². The number of alkyl halides is 3. The summed E-state index contributed by atoms with van der Waals surface area (Å²) < 4.78 is 67.5. The largest absolute Gasteiger partial charge is 0.433 e.